The Hall–Kier alpha value is -2.27. The van der Waals surface area contributed by atoms with Gasteiger partial charge in [0.25, 0.3) is 0 Å². The molecular weight excluding hydrogens is 308 g/mol. The highest BCUT2D eigenvalue weighted by molar-refractivity contribution is 7.85. The fraction of sp³-hybridized carbons (Fsp3) is 0.222. The second-order valence-corrected chi connectivity index (χ2v) is 8.14. The number of aromatic nitrogens is 1. The van der Waals surface area contributed by atoms with Crippen LogP contribution in [0.2, 0.25) is 0 Å². The summed E-state index contributed by atoms with van der Waals surface area (Å²) in [5.74, 6) is 0. The van der Waals surface area contributed by atoms with Gasteiger partial charge in [-0.2, -0.15) is 4.40 Å². The maximum Gasteiger partial charge on any atom is 0.167 e. The molecule has 0 N–H and O–H groups in total. The molecule has 0 amide bonds. The van der Waals surface area contributed by atoms with E-state index in [0.29, 0.717) is 0 Å². The zero-order chi connectivity index (χ0) is 16.4. The highest BCUT2D eigenvalue weighted by Gasteiger charge is 2.18. The van der Waals surface area contributed by atoms with Gasteiger partial charge in [-0.25, -0.2) is 4.21 Å². The molecule has 0 aliphatic rings. The number of hydrogen-bond acceptors (Lipinski definition) is 3. The van der Waals surface area contributed by atoms with E-state index >= 15 is 0 Å². The molecule has 2 aromatic carbocycles. The molecular formula is C18H18N2O2S. The maximum absolute atomic E-state index is 12.1. The molecule has 0 aliphatic heterocycles. The SMILES string of the molecule is CC(C)(C)[S@](=O)/N=C/c1ccccc1-c1noc2ccccc12. The summed E-state index contributed by atoms with van der Waals surface area (Å²) in [6, 6.07) is 15.5. The quantitative estimate of drug-likeness (QED) is 0.671. The van der Waals surface area contributed by atoms with E-state index in [4.69, 9.17) is 4.52 Å². The van der Waals surface area contributed by atoms with E-state index in [0.717, 1.165) is 27.8 Å². The van der Waals surface area contributed by atoms with Gasteiger partial charge < -0.3 is 4.52 Å². The van der Waals surface area contributed by atoms with Gasteiger partial charge in [0.15, 0.2) is 5.58 Å². The van der Waals surface area contributed by atoms with Crippen molar-refractivity contribution in [1.29, 1.82) is 0 Å². The van der Waals surface area contributed by atoms with Gasteiger partial charge in [-0.15, -0.1) is 0 Å². The average molecular weight is 326 g/mol. The van der Waals surface area contributed by atoms with Crippen LogP contribution in [0.5, 0.6) is 0 Å². The van der Waals surface area contributed by atoms with Crippen LogP contribution >= 0.6 is 0 Å². The zero-order valence-corrected chi connectivity index (χ0v) is 14.1. The minimum absolute atomic E-state index is 0.383. The van der Waals surface area contributed by atoms with Gasteiger partial charge in [-0.3, -0.25) is 0 Å². The highest BCUT2D eigenvalue weighted by Crippen LogP contribution is 2.29. The minimum atomic E-state index is -1.29. The van der Waals surface area contributed by atoms with Gasteiger partial charge in [0.05, 0.1) is 4.75 Å². The van der Waals surface area contributed by atoms with Crippen molar-refractivity contribution in [2.45, 2.75) is 25.5 Å². The summed E-state index contributed by atoms with van der Waals surface area (Å²) < 4.78 is 21.3. The Labute approximate surface area is 137 Å². The molecule has 1 heterocycles. The predicted molar refractivity (Wildman–Crippen MR) is 94.9 cm³/mol. The summed E-state index contributed by atoms with van der Waals surface area (Å²) in [4.78, 5) is 0. The first-order valence-corrected chi connectivity index (χ1v) is 8.47. The molecule has 0 aliphatic carbocycles. The average Bonchev–Trinajstić information content (AvgIpc) is 2.96. The maximum atomic E-state index is 12.1. The molecule has 0 spiro atoms. The van der Waals surface area contributed by atoms with E-state index in [9.17, 15) is 4.21 Å². The Morgan fingerprint density at radius 1 is 1.09 bits per heavy atom. The monoisotopic (exact) mass is 326 g/mol. The second kappa shape index (κ2) is 6.08. The number of rotatable bonds is 3. The highest BCUT2D eigenvalue weighted by atomic mass is 32.2. The first kappa shape index (κ1) is 15.6. The first-order valence-electron chi connectivity index (χ1n) is 7.37. The van der Waals surface area contributed by atoms with Crippen molar-refractivity contribution >= 4 is 28.2 Å². The molecule has 118 valence electrons. The van der Waals surface area contributed by atoms with Gasteiger partial charge in [0.1, 0.15) is 16.7 Å². The van der Waals surface area contributed by atoms with Gasteiger partial charge >= 0.3 is 0 Å². The van der Waals surface area contributed by atoms with E-state index < -0.39 is 11.0 Å². The lowest BCUT2D eigenvalue weighted by atomic mass is 10.0. The summed E-state index contributed by atoms with van der Waals surface area (Å²) >= 11 is 0. The van der Waals surface area contributed by atoms with Crippen molar-refractivity contribution in [3.63, 3.8) is 0 Å². The fourth-order valence-corrected chi connectivity index (χ4v) is 2.69. The normalized spacial score (nSPS) is 13.7. The summed E-state index contributed by atoms with van der Waals surface area (Å²) in [5.41, 5.74) is 3.29. The van der Waals surface area contributed by atoms with Crippen LogP contribution in [0.25, 0.3) is 22.2 Å². The summed E-state index contributed by atoms with van der Waals surface area (Å²) in [7, 11) is -1.29. The van der Waals surface area contributed by atoms with Crippen LogP contribution < -0.4 is 0 Å². The lowest BCUT2D eigenvalue weighted by Gasteiger charge is -2.12. The van der Waals surface area contributed by atoms with Crippen molar-refractivity contribution in [3.05, 3.63) is 54.1 Å². The standard InChI is InChI=1S/C18H18N2O2S/c1-18(2,3)23(21)19-12-13-8-4-5-9-14(13)17-15-10-6-7-11-16(15)22-20-17/h4-12H,1-3H3/b19-12+/t23-/m0/s1. The van der Waals surface area contributed by atoms with Gasteiger partial charge in [0, 0.05) is 22.7 Å². The third-order valence-corrected chi connectivity index (χ3v) is 4.75. The van der Waals surface area contributed by atoms with Gasteiger partial charge in [-0.05, 0) is 32.9 Å². The van der Waals surface area contributed by atoms with E-state index in [1.807, 2.05) is 69.3 Å². The second-order valence-electron chi connectivity index (χ2n) is 6.21. The van der Waals surface area contributed by atoms with Crippen molar-refractivity contribution in [3.8, 4) is 11.3 Å². The van der Waals surface area contributed by atoms with Crippen LogP contribution in [0, 0.1) is 0 Å². The van der Waals surface area contributed by atoms with Gasteiger partial charge in [0.2, 0.25) is 0 Å². The molecule has 0 saturated heterocycles. The lowest BCUT2D eigenvalue weighted by Crippen LogP contribution is -2.19. The van der Waals surface area contributed by atoms with E-state index in [-0.39, 0.29) is 4.75 Å². The molecule has 5 heteroatoms. The molecule has 0 bridgehead atoms. The molecule has 4 nitrogen and oxygen atoms in total. The molecule has 3 aromatic rings. The third kappa shape index (κ3) is 3.24. The largest absolute Gasteiger partial charge is 0.356 e. The summed E-state index contributed by atoms with van der Waals surface area (Å²) in [6.45, 7) is 5.70. The molecule has 0 fully saturated rings. The van der Waals surface area contributed by atoms with E-state index in [2.05, 4.69) is 9.55 Å². The van der Waals surface area contributed by atoms with Crippen LogP contribution in [-0.2, 0) is 11.0 Å². The number of benzene rings is 2. The molecule has 0 radical (unpaired) electrons. The smallest absolute Gasteiger partial charge is 0.167 e. The Kier molecular flexibility index (Phi) is 4.13. The van der Waals surface area contributed by atoms with Crippen LogP contribution in [-0.4, -0.2) is 20.3 Å². The predicted octanol–water partition coefficient (Wildman–Crippen LogP) is 4.38. The Balaban J connectivity index is 2.05. The van der Waals surface area contributed by atoms with Crippen molar-refractivity contribution in [2.75, 3.05) is 0 Å². The fourth-order valence-electron chi connectivity index (χ4n) is 2.17. The number of hydrogen-bond donors (Lipinski definition) is 0. The van der Waals surface area contributed by atoms with Crippen LogP contribution in [0.1, 0.15) is 26.3 Å². The van der Waals surface area contributed by atoms with Crippen molar-refractivity contribution in [1.82, 2.24) is 5.16 Å². The van der Waals surface area contributed by atoms with Gasteiger partial charge in [-0.1, -0.05) is 41.6 Å². The lowest BCUT2D eigenvalue weighted by molar-refractivity contribution is 0.459. The van der Waals surface area contributed by atoms with Crippen LogP contribution in [0.3, 0.4) is 0 Å². The molecule has 23 heavy (non-hydrogen) atoms. The molecule has 0 saturated carbocycles. The summed E-state index contributed by atoms with van der Waals surface area (Å²) in [6.07, 6.45) is 1.65. The van der Waals surface area contributed by atoms with E-state index in [1.165, 1.54) is 0 Å². The number of para-hydroxylation sites is 1. The molecule has 1 aromatic heterocycles. The Morgan fingerprint density at radius 3 is 2.57 bits per heavy atom. The topological polar surface area (TPSA) is 55.5 Å². The Morgan fingerprint density at radius 2 is 1.78 bits per heavy atom. The minimum Gasteiger partial charge on any atom is -0.356 e. The third-order valence-electron chi connectivity index (χ3n) is 3.40. The van der Waals surface area contributed by atoms with Crippen molar-refractivity contribution in [2.24, 2.45) is 4.40 Å². The molecule has 3 rings (SSSR count). The van der Waals surface area contributed by atoms with Crippen molar-refractivity contribution < 1.29 is 8.73 Å². The number of fused-ring (bicyclic) bond motifs is 1. The molecule has 0 unspecified atom stereocenters. The van der Waals surface area contributed by atoms with Crippen LogP contribution in [0.4, 0.5) is 0 Å². The van der Waals surface area contributed by atoms with E-state index in [1.54, 1.807) is 6.21 Å². The zero-order valence-electron chi connectivity index (χ0n) is 13.3. The first-order chi connectivity index (χ1) is 11.0. The Bertz CT molecular complexity index is 891. The summed E-state index contributed by atoms with van der Waals surface area (Å²) in [5, 5.41) is 5.14. The molecule has 1 atom stereocenters. The van der Waals surface area contributed by atoms with Crippen LogP contribution in [0.15, 0.2) is 57.5 Å². The number of nitrogens with zero attached hydrogens (tertiary/aromatic N) is 2.